The third kappa shape index (κ3) is 2.83. The van der Waals surface area contributed by atoms with Crippen LogP contribution >= 0.6 is 0 Å². The molecule has 2 aromatic rings. The molecule has 0 unspecified atom stereocenters. The van der Waals surface area contributed by atoms with Crippen LogP contribution in [0.3, 0.4) is 0 Å². The fraction of sp³-hybridized carbons (Fsp3) is 0.214. The molecule has 0 aliphatic heterocycles. The van der Waals surface area contributed by atoms with Gasteiger partial charge in [0.15, 0.2) is 0 Å². The number of ether oxygens (including phenoxy) is 1. The van der Waals surface area contributed by atoms with Gasteiger partial charge in [-0.25, -0.2) is 4.98 Å². The summed E-state index contributed by atoms with van der Waals surface area (Å²) < 4.78 is 5.48. The molecule has 2 rings (SSSR count). The molecule has 0 fully saturated rings. The summed E-state index contributed by atoms with van der Waals surface area (Å²) in [6.07, 6.45) is 1.50. The summed E-state index contributed by atoms with van der Waals surface area (Å²) in [5.41, 5.74) is 1.54. The van der Waals surface area contributed by atoms with Gasteiger partial charge in [0, 0.05) is 6.20 Å². The molecule has 90 valence electrons. The summed E-state index contributed by atoms with van der Waals surface area (Å²) in [5, 5.41) is 8.73. The SMILES string of the molecule is CC(C)c1ccc(Oc2nccc(C#N)n2)cc1. The third-order valence-corrected chi connectivity index (χ3v) is 2.50. The van der Waals surface area contributed by atoms with Crippen LogP contribution in [0.2, 0.25) is 0 Å². The average Bonchev–Trinajstić information content (AvgIpc) is 2.39. The third-order valence-electron chi connectivity index (χ3n) is 2.50. The number of hydrogen-bond donors (Lipinski definition) is 0. The lowest BCUT2D eigenvalue weighted by Crippen LogP contribution is -1.94. The van der Waals surface area contributed by atoms with Crippen molar-refractivity contribution >= 4 is 0 Å². The molecule has 0 saturated carbocycles. The first-order valence-corrected chi connectivity index (χ1v) is 5.70. The van der Waals surface area contributed by atoms with Crippen LogP contribution in [-0.2, 0) is 0 Å². The highest BCUT2D eigenvalue weighted by Crippen LogP contribution is 2.21. The van der Waals surface area contributed by atoms with E-state index in [1.54, 1.807) is 0 Å². The van der Waals surface area contributed by atoms with Crippen molar-refractivity contribution in [2.75, 3.05) is 0 Å². The molecule has 0 aliphatic carbocycles. The van der Waals surface area contributed by atoms with Crippen LogP contribution in [0, 0.1) is 11.3 Å². The Kier molecular flexibility index (Phi) is 3.54. The zero-order valence-electron chi connectivity index (χ0n) is 10.3. The van der Waals surface area contributed by atoms with E-state index in [0.29, 0.717) is 17.4 Å². The van der Waals surface area contributed by atoms with E-state index in [4.69, 9.17) is 10.00 Å². The molecule has 0 atom stereocenters. The second-order valence-corrected chi connectivity index (χ2v) is 4.16. The van der Waals surface area contributed by atoms with Crippen molar-refractivity contribution in [3.8, 4) is 17.8 Å². The zero-order chi connectivity index (χ0) is 13.0. The van der Waals surface area contributed by atoms with Gasteiger partial charge >= 0.3 is 6.01 Å². The maximum absolute atomic E-state index is 8.73. The molecule has 1 aromatic heterocycles. The number of nitrogens with zero attached hydrogens (tertiary/aromatic N) is 3. The van der Waals surface area contributed by atoms with Gasteiger partial charge in [-0.1, -0.05) is 26.0 Å². The van der Waals surface area contributed by atoms with Crippen molar-refractivity contribution in [2.45, 2.75) is 19.8 Å². The van der Waals surface area contributed by atoms with Crippen LogP contribution in [0.1, 0.15) is 31.0 Å². The molecule has 0 spiro atoms. The van der Waals surface area contributed by atoms with Crippen molar-refractivity contribution < 1.29 is 4.74 Å². The Morgan fingerprint density at radius 1 is 1.17 bits per heavy atom. The van der Waals surface area contributed by atoms with Crippen molar-refractivity contribution in [1.29, 1.82) is 5.26 Å². The molecule has 1 heterocycles. The van der Waals surface area contributed by atoms with E-state index in [9.17, 15) is 0 Å². The maximum Gasteiger partial charge on any atom is 0.323 e. The first kappa shape index (κ1) is 12.1. The second kappa shape index (κ2) is 5.28. The molecule has 0 N–H and O–H groups in total. The number of aromatic nitrogens is 2. The molecular weight excluding hydrogens is 226 g/mol. The number of hydrogen-bond acceptors (Lipinski definition) is 4. The highest BCUT2D eigenvalue weighted by atomic mass is 16.5. The van der Waals surface area contributed by atoms with Crippen molar-refractivity contribution in [1.82, 2.24) is 9.97 Å². The van der Waals surface area contributed by atoms with Gasteiger partial charge in [0.05, 0.1) is 0 Å². The molecule has 0 aliphatic rings. The molecule has 1 aromatic carbocycles. The monoisotopic (exact) mass is 239 g/mol. The van der Waals surface area contributed by atoms with E-state index in [0.717, 1.165) is 0 Å². The minimum absolute atomic E-state index is 0.186. The minimum atomic E-state index is 0.186. The molecule has 18 heavy (non-hydrogen) atoms. The summed E-state index contributed by atoms with van der Waals surface area (Å²) in [4.78, 5) is 7.91. The fourth-order valence-electron chi connectivity index (χ4n) is 1.48. The van der Waals surface area contributed by atoms with Crippen LogP contribution in [0.4, 0.5) is 0 Å². The van der Waals surface area contributed by atoms with Crippen LogP contribution in [0.25, 0.3) is 0 Å². The molecule has 0 radical (unpaired) electrons. The van der Waals surface area contributed by atoms with Crippen LogP contribution < -0.4 is 4.74 Å². The van der Waals surface area contributed by atoms with Gasteiger partial charge in [0.1, 0.15) is 17.5 Å². The molecule has 4 heteroatoms. The Balaban J connectivity index is 2.16. The van der Waals surface area contributed by atoms with Gasteiger partial charge in [0.25, 0.3) is 0 Å². The standard InChI is InChI=1S/C14H13N3O/c1-10(2)11-3-5-13(6-4-11)18-14-16-8-7-12(9-15)17-14/h3-8,10H,1-2H3. The lowest BCUT2D eigenvalue weighted by Gasteiger charge is -2.07. The molecular formula is C14H13N3O. The smallest absolute Gasteiger partial charge is 0.323 e. The van der Waals surface area contributed by atoms with E-state index >= 15 is 0 Å². The van der Waals surface area contributed by atoms with Gasteiger partial charge in [-0.2, -0.15) is 10.2 Å². The summed E-state index contributed by atoms with van der Waals surface area (Å²) >= 11 is 0. The molecule has 0 amide bonds. The number of rotatable bonds is 3. The van der Waals surface area contributed by atoms with E-state index < -0.39 is 0 Å². The molecule has 0 bridgehead atoms. The highest BCUT2D eigenvalue weighted by molar-refractivity contribution is 5.31. The van der Waals surface area contributed by atoms with Crippen LogP contribution in [0.15, 0.2) is 36.5 Å². The summed E-state index contributed by atoms with van der Waals surface area (Å²) in [5.74, 6) is 1.15. The van der Waals surface area contributed by atoms with Gasteiger partial charge in [-0.15, -0.1) is 0 Å². The average molecular weight is 239 g/mol. The van der Waals surface area contributed by atoms with Gasteiger partial charge in [0.2, 0.25) is 0 Å². The Labute approximate surface area is 106 Å². The Morgan fingerprint density at radius 3 is 2.50 bits per heavy atom. The van der Waals surface area contributed by atoms with E-state index in [1.807, 2.05) is 30.3 Å². The lowest BCUT2D eigenvalue weighted by atomic mass is 10.0. The molecule has 4 nitrogen and oxygen atoms in total. The number of nitriles is 1. The van der Waals surface area contributed by atoms with Gasteiger partial charge in [-0.3, -0.25) is 0 Å². The first-order valence-electron chi connectivity index (χ1n) is 5.70. The van der Waals surface area contributed by atoms with Crippen LogP contribution in [-0.4, -0.2) is 9.97 Å². The van der Waals surface area contributed by atoms with E-state index in [-0.39, 0.29) is 6.01 Å². The van der Waals surface area contributed by atoms with E-state index in [1.165, 1.54) is 17.8 Å². The lowest BCUT2D eigenvalue weighted by molar-refractivity contribution is 0.441. The normalized spacial score (nSPS) is 10.1. The Hall–Kier alpha value is -2.41. The van der Waals surface area contributed by atoms with Gasteiger partial charge < -0.3 is 4.74 Å². The maximum atomic E-state index is 8.73. The summed E-state index contributed by atoms with van der Waals surface area (Å²) in [6.45, 7) is 4.27. The first-order chi connectivity index (χ1) is 8.69. The van der Waals surface area contributed by atoms with Crippen molar-refractivity contribution in [2.24, 2.45) is 0 Å². The highest BCUT2D eigenvalue weighted by Gasteiger charge is 2.03. The quantitative estimate of drug-likeness (QED) is 0.824. The summed E-state index contributed by atoms with van der Waals surface area (Å²) in [7, 11) is 0. The Bertz CT molecular complexity index is 570. The summed E-state index contributed by atoms with van der Waals surface area (Å²) in [6, 6.07) is 11.4. The minimum Gasteiger partial charge on any atom is -0.424 e. The topological polar surface area (TPSA) is 58.8 Å². The van der Waals surface area contributed by atoms with Crippen LogP contribution in [0.5, 0.6) is 11.8 Å². The van der Waals surface area contributed by atoms with Crippen molar-refractivity contribution in [3.05, 3.63) is 47.8 Å². The predicted octanol–water partition coefficient (Wildman–Crippen LogP) is 3.26. The predicted molar refractivity (Wildman–Crippen MR) is 67.4 cm³/mol. The largest absolute Gasteiger partial charge is 0.424 e. The van der Waals surface area contributed by atoms with Crippen molar-refractivity contribution in [3.63, 3.8) is 0 Å². The number of benzene rings is 1. The van der Waals surface area contributed by atoms with E-state index in [2.05, 4.69) is 23.8 Å². The second-order valence-electron chi connectivity index (χ2n) is 4.16. The molecule has 0 saturated heterocycles. The van der Waals surface area contributed by atoms with Gasteiger partial charge in [-0.05, 0) is 29.7 Å². The zero-order valence-corrected chi connectivity index (χ0v) is 10.3. The Morgan fingerprint density at radius 2 is 1.89 bits per heavy atom. The fourth-order valence-corrected chi connectivity index (χ4v) is 1.48.